The Bertz CT molecular complexity index is 1330. The molecule has 4 nitrogen and oxygen atoms in total. The highest BCUT2D eigenvalue weighted by molar-refractivity contribution is 5.57. The molecular weight excluding hydrogens is 516 g/mol. The number of rotatable bonds is 6. The molecule has 0 amide bonds. The van der Waals surface area contributed by atoms with Gasteiger partial charge in [-0.2, -0.15) is 0 Å². The van der Waals surface area contributed by atoms with Gasteiger partial charge in [-0.3, -0.25) is 0 Å². The minimum atomic E-state index is 0.217. The smallest absolute Gasteiger partial charge is 0.134 e. The summed E-state index contributed by atoms with van der Waals surface area (Å²) in [7, 11) is 0. The zero-order valence-electron chi connectivity index (χ0n) is 24.7. The van der Waals surface area contributed by atoms with E-state index in [-0.39, 0.29) is 10.8 Å². The Morgan fingerprint density at radius 3 is 1.07 bits per heavy atom. The van der Waals surface area contributed by atoms with Gasteiger partial charge in [-0.15, -0.1) is 0 Å². The summed E-state index contributed by atoms with van der Waals surface area (Å²) in [6.07, 6.45) is 16.5. The van der Waals surface area contributed by atoms with Gasteiger partial charge in [-0.05, 0) is 178 Å². The van der Waals surface area contributed by atoms with E-state index >= 15 is 0 Å². The van der Waals surface area contributed by atoms with Gasteiger partial charge in [-0.1, -0.05) is 0 Å². The molecule has 0 aliphatic heterocycles. The Hall–Kier alpha value is -3.14. The lowest BCUT2D eigenvalue weighted by Gasteiger charge is -2.58. The van der Waals surface area contributed by atoms with Gasteiger partial charge in [0.1, 0.15) is 23.0 Å². The molecule has 0 unspecified atom stereocenters. The molecule has 218 valence electrons. The topological polar surface area (TPSA) is 70.5 Å². The summed E-state index contributed by atoms with van der Waals surface area (Å²) in [5, 5.41) is 0. The van der Waals surface area contributed by atoms with Crippen molar-refractivity contribution in [2.75, 3.05) is 11.5 Å². The molecule has 0 radical (unpaired) electrons. The van der Waals surface area contributed by atoms with Crippen molar-refractivity contribution in [3.05, 3.63) is 71.8 Å². The molecule has 0 atom stereocenters. The number of nitrogens with two attached hydrogens (primary N) is 2. The first-order valence-corrected chi connectivity index (χ1v) is 16.7. The highest BCUT2D eigenvalue weighted by Gasteiger charge is 2.55. The standard InChI is InChI=1S/C38H44N2O2/c39-29-1-5-31(6-2-29)41-35-16-36(42-32-7-3-30(40)4-8-32)34(38-20-26-12-27(21-38)14-28(13-26)22-38)15-33(35)37-17-23-9-24(18-37)11-25(10-23)19-37/h1-8,15-16,23-28H,9-14,17-22,39-40H2. The average Bonchev–Trinajstić information content (AvgIpc) is 2.94. The van der Waals surface area contributed by atoms with E-state index in [9.17, 15) is 0 Å². The summed E-state index contributed by atoms with van der Waals surface area (Å²) in [5.74, 6) is 8.88. The summed E-state index contributed by atoms with van der Waals surface area (Å²) < 4.78 is 13.7. The molecule has 4 N–H and O–H groups in total. The number of ether oxygens (including phenoxy) is 2. The van der Waals surface area contributed by atoms with Gasteiger partial charge in [0.15, 0.2) is 0 Å². The van der Waals surface area contributed by atoms with Crippen molar-refractivity contribution < 1.29 is 9.47 Å². The maximum Gasteiger partial charge on any atom is 0.134 e. The molecule has 8 bridgehead atoms. The molecule has 8 saturated carbocycles. The highest BCUT2D eigenvalue weighted by atomic mass is 16.5. The van der Waals surface area contributed by atoms with Crippen molar-refractivity contribution in [3.63, 3.8) is 0 Å². The summed E-state index contributed by atoms with van der Waals surface area (Å²) >= 11 is 0. The Morgan fingerprint density at radius 1 is 0.452 bits per heavy atom. The van der Waals surface area contributed by atoms with Gasteiger partial charge in [0.25, 0.3) is 0 Å². The van der Waals surface area contributed by atoms with Crippen LogP contribution < -0.4 is 20.9 Å². The third kappa shape index (κ3) is 4.15. The van der Waals surface area contributed by atoms with E-state index in [1.165, 1.54) is 88.2 Å². The first-order chi connectivity index (χ1) is 20.4. The summed E-state index contributed by atoms with van der Waals surface area (Å²) in [5.41, 5.74) is 17.0. The Morgan fingerprint density at radius 2 is 0.762 bits per heavy atom. The van der Waals surface area contributed by atoms with Crippen LogP contribution >= 0.6 is 0 Å². The Labute approximate surface area is 250 Å². The SMILES string of the molecule is Nc1ccc(Oc2cc(Oc3ccc(N)cc3)c(C34CC5CC(CC(C5)C3)C4)cc2C23CC4CC(CC(C4)C2)C3)cc1. The summed E-state index contributed by atoms with van der Waals surface area (Å²) in [6, 6.07) is 20.7. The van der Waals surface area contributed by atoms with Crippen molar-refractivity contribution in [1.29, 1.82) is 0 Å². The fourth-order valence-electron chi connectivity index (χ4n) is 11.8. The molecule has 4 heteroatoms. The van der Waals surface area contributed by atoms with E-state index in [1.807, 2.05) is 48.5 Å². The normalized spacial score (nSPS) is 37.2. The molecule has 0 heterocycles. The van der Waals surface area contributed by atoms with E-state index in [2.05, 4.69) is 12.1 Å². The van der Waals surface area contributed by atoms with Crippen LogP contribution in [0.25, 0.3) is 0 Å². The molecule has 0 aromatic heterocycles. The van der Waals surface area contributed by atoms with Crippen LogP contribution in [-0.2, 0) is 10.8 Å². The van der Waals surface area contributed by atoms with Crippen molar-refractivity contribution in [3.8, 4) is 23.0 Å². The van der Waals surface area contributed by atoms with E-state index in [1.54, 1.807) is 0 Å². The second kappa shape index (κ2) is 9.18. The van der Waals surface area contributed by atoms with E-state index in [0.29, 0.717) is 0 Å². The Kier molecular flexibility index (Phi) is 5.54. The predicted octanol–water partition coefficient (Wildman–Crippen LogP) is 9.37. The molecule has 8 fully saturated rings. The second-order valence-corrected chi connectivity index (χ2v) is 15.6. The minimum Gasteiger partial charge on any atom is -0.457 e. The highest BCUT2D eigenvalue weighted by Crippen LogP contribution is 2.66. The van der Waals surface area contributed by atoms with Crippen molar-refractivity contribution in [2.45, 2.75) is 87.9 Å². The van der Waals surface area contributed by atoms with E-state index in [4.69, 9.17) is 20.9 Å². The van der Waals surface area contributed by atoms with E-state index in [0.717, 1.165) is 69.9 Å². The van der Waals surface area contributed by atoms with E-state index < -0.39 is 0 Å². The monoisotopic (exact) mass is 560 g/mol. The molecule has 0 saturated heterocycles. The van der Waals surface area contributed by atoms with Crippen molar-refractivity contribution in [2.24, 2.45) is 35.5 Å². The molecule has 8 aliphatic rings. The lowest BCUT2D eigenvalue weighted by molar-refractivity contribution is -0.00937. The average molecular weight is 561 g/mol. The largest absolute Gasteiger partial charge is 0.457 e. The zero-order chi connectivity index (χ0) is 28.1. The van der Waals surface area contributed by atoms with Crippen LogP contribution in [0.15, 0.2) is 60.7 Å². The first kappa shape index (κ1) is 25.4. The maximum absolute atomic E-state index is 6.87. The zero-order valence-corrected chi connectivity index (χ0v) is 24.7. The third-order valence-corrected chi connectivity index (χ3v) is 12.5. The molecule has 3 aromatic carbocycles. The van der Waals surface area contributed by atoms with Crippen molar-refractivity contribution >= 4 is 11.4 Å². The lowest BCUT2D eigenvalue weighted by atomic mass is 9.46. The summed E-state index contributed by atoms with van der Waals surface area (Å²) in [6.45, 7) is 0. The predicted molar refractivity (Wildman–Crippen MR) is 168 cm³/mol. The lowest BCUT2D eigenvalue weighted by Crippen LogP contribution is -2.50. The minimum absolute atomic E-state index is 0.217. The molecule has 0 spiro atoms. The number of hydrogen-bond acceptors (Lipinski definition) is 4. The fraction of sp³-hybridized carbons (Fsp3) is 0.526. The van der Waals surface area contributed by atoms with Gasteiger partial charge >= 0.3 is 0 Å². The molecule has 8 aliphatic carbocycles. The third-order valence-electron chi connectivity index (χ3n) is 12.5. The van der Waals surface area contributed by atoms with Gasteiger partial charge in [0, 0.05) is 28.6 Å². The van der Waals surface area contributed by atoms with Crippen LogP contribution in [0.3, 0.4) is 0 Å². The van der Waals surface area contributed by atoms with Gasteiger partial charge in [0.2, 0.25) is 0 Å². The molecular formula is C38H44N2O2. The number of anilines is 2. The number of nitrogen functional groups attached to an aromatic ring is 2. The van der Waals surface area contributed by atoms with Gasteiger partial charge < -0.3 is 20.9 Å². The fourth-order valence-corrected chi connectivity index (χ4v) is 11.8. The number of hydrogen-bond donors (Lipinski definition) is 2. The van der Waals surface area contributed by atoms with Crippen LogP contribution in [0.1, 0.15) is 88.2 Å². The molecule has 3 aromatic rings. The second-order valence-electron chi connectivity index (χ2n) is 15.6. The maximum atomic E-state index is 6.87. The molecule has 11 rings (SSSR count). The van der Waals surface area contributed by atoms with Gasteiger partial charge in [0.05, 0.1) is 0 Å². The Balaban J connectivity index is 1.22. The van der Waals surface area contributed by atoms with Crippen LogP contribution in [0.4, 0.5) is 11.4 Å². The molecule has 42 heavy (non-hydrogen) atoms. The summed E-state index contributed by atoms with van der Waals surface area (Å²) in [4.78, 5) is 0. The van der Waals surface area contributed by atoms with Crippen LogP contribution in [0, 0.1) is 35.5 Å². The van der Waals surface area contributed by atoms with Crippen LogP contribution in [0.2, 0.25) is 0 Å². The number of benzene rings is 3. The van der Waals surface area contributed by atoms with Crippen molar-refractivity contribution in [1.82, 2.24) is 0 Å². The quantitative estimate of drug-likeness (QED) is 0.295. The van der Waals surface area contributed by atoms with Crippen LogP contribution in [-0.4, -0.2) is 0 Å². The first-order valence-electron chi connectivity index (χ1n) is 16.7. The van der Waals surface area contributed by atoms with Gasteiger partial charge in [-0.25, -0.2) is 0 Å². The van der Waals surface area contributed by atoms with Crippen LogP contribution in [0.5, 0.6) is 23.0 Å².